The summed E-state index contributed by atoms with van der Waals surface area (Å²) in [5, 5.41) is 10.3. The van der Waals surface area contributed by atoms with Crippen molar-refractivity contribution in [3.05, 3.63) is 33.5 Å². The molecule has 0 bridgehead atoms. The Labute approximate surface area is 155 Å². The molecule has 2 aromatic rings. The van der Waals surface area contributed by atoms with Gasteiger partial charge in [-0.2, -0.15) is 0 Å². The van der Waals surface area contributed by atoms with Gasteiger partial charge in [0.2, 0.25) is 5.91 Å². The average molecular weight is 383 g/mol. The monoisotopic (exact) mass is 382 g/mol. The van der Waals surface area contributed by atoms with Crippen LogP contribution in [0, 0.1) is 0 Å². The van der Waals surface area contributed by atoms with Crippen molar-refractivity contribution >= 4 is 34.7 Å². The van der Waals surface area contributed by atoms with Crippen molar-refractivity contribution in [2.45, 2.75) is 32.4 Å². The molecule has 0 aromatic carbocycles. The minimum absolute atomic E-state index is 0.228. The van der Waals surface area contributed by atoms with Gasteiger partial charge in [-0.05, 0) is 43.8 Å². The molecule has 136 valence electrons. The molecule has 2 heterocycles. The van der Waals surface area contributed by atoms with Crippen LogP contribution in [0.2, 0.25) is 0 Å². The SMILES string of the molecule is COCCN(C(=O)c1csnn1)C(C(=O)NC(C)(C)C)c1cccs1. The van der Waals surface area contributed by atoms with Crippen LogP contribution < -0.4 is 5.32 Å². The first-order valence-corrected chi connectivity index (χ1v) is 9.47. The largest absolute Gasteiger partial charge is 0.383 e. The number of aromatic nitrogens is 2. The molecule has 0 saturated carbocycles. The summed E-state index contributed by atoms with van der Waals surface area (Å²) in [5.41, 5.74) is -0.184. The lowest BCUT2D eigenvalue weighted by molar-refractivity contribution is -0.127. The number of methoxy groups -OCH3 is 1. The molecule has 2 rings (SSSR count). The predicted molar refractivity (Wildman–Crippen MR) is 97.8 cm³/mol. The molecule has 9 heteroatoms. The molecule has 0 aliphatic carbocycles. The van der Waals surface area contributed by atoms with Gasteiger partial charge in [-0.15, -0.1) is 16.4 Å². The van der Waals surface area contributed by atoms with E-state index in [1.807, 2.05) is 38.3 Å². The highest BCUT2D eigenvalue weighted by Gasteiger charge is 2.35. The maximum absolute atomic E-state index is 13.0. The molecule has 7 nitrogen and oxygen atoms in total. The minimum atomic E-state index is -0.747. The summed E-state index contributed by atoms with van der Waals surface area (Å²) in [6.45, 7) is 6.30. The molecule has 25 heavy (non-hydrogen) atoms. The number of thiophene rings is 1. The second-order valence-electron chi connectivity index (χ2n) is 6.44. The molecule has 0 aliphatic rings. The predicted octanol–water partition coefficient (Wildman–Crippen LogP) is 2.34. The summed E-state index contributed by atoms with van der Waals surface area (Å²) in [6.07, 6.45) is 0. The first kappa shape index (κ1) is 19.5. The topological polar surface area (TPSA) is 84.4 Å². The Morgan fingerprint density at radius 2 is 2.16 bits per heavy atom. The van der Waals surface area contributed by atoms with Gasteiger partial charge in [-0.25, -0.2) is 0 Å². The van der Waals surface area contributed by atoms with Crippen molar-refractivity contribution in [2.75, 3.05) is 20.3 Å². The van der Waals surface area contributed by atoms with Crippen LogP contribution in [-0.2, 0) is 9.53 Å². The van der Waals surface area contributed by atoms with Crippen LogP contribution in [0.3, 0.4) is 0 Å². The van der Waals surface area contributed by atoms with Crippen molar-refractivity contribution in [2.24, 2.45) is 0 Å². The number of amides is 2. The third-order valence-corrected chi connectivity index (χ3v) is 4.68. The summed E-state index contributed by atoms with van der Waals surface area (Å²) in [6, 6.07) is 2.97. The van der Waals surface area contributed by atoms with Gasteiger partial charge in [-0.1, -0.05) is 10.6 Å². The van der Waals surface area contributed by atoms with Crippen molar-refractivity contribution in [3.8, 4) is 0 Å². The molecule has 0 aliphatic heterocycles. The summed E-state index contributed by atoms with van der Waals surface area (Å²) in [7, 11) is 1.56. The Morgan fingerprint density at radius 1 is 1.40 bits per heavy atom. The van der Waals surface area contributed by atoms with Gasteiger partial charge >= 0.3 is 0 Å². The molecule has 1 atom stereocenters. The van der Waals surface area contributed by atoms with E-state index >= 15 is 0 Å². The highest BCUT2D eigenvalue weighted by Crippen LogP contribution is 2.27. The minimum Gasteiger partial charge on any atom is -0.383 e. The zero-order chi connectivity index (χ0) is 18.4. The fourth-order valence-corrected chi connectivity index (χ4v) is 3.52. The summed E-state index contributed by atoms with van der Waals surface area (Å²) in [5.74, 6) is -0.573. The van der Waals surface area contributed by atoms with Crippen molar-refractivity contribution in [1.82, 2.24) is 19.8 Å². The molecule has 0 fully saturated rings. The number of nitrogens with one attached hydrogen (secondary N) is 1. The highest BCUT2D eigenvalue weighted by molar-refractivity contribution is 7.10. The van der Waals surface area contributed by atoms with E-state index in [4.69, 9.17) is 4.74 Å². The van der Waals surface area contributed by atoms with Crippen LogP contribution >= 0.6 is 22.9 Å². The van der Waals surface area contributed by atoms with Crippen LogP contribution in [-0.4, -0.2) is 52.1 Å². The first-order chi connectivity index (χ1) is 11.8. The zero-order valence-corrected chi connectivity index (χ0v) is 16.3. The van der Waals surface area contributed by atoms with Crippen LogP contribution in [0.1, 0.15) is 42.2 Å². The number of rotatable bonds is 7. The standard InChI is InChI=1S/C16H22N4O3S2/c1-16(2,3)17-14(21)13(12-6-5-9-24-12)20(7-8-23-4)15(22)11-10-25-19-18-11/h5-6,9-10,13H,7-8H2,1-4H3,(H,17,21). The lowest BCUT2D eigenvalue weighted by Gasteiger charge is -2.32. The van der Waals surface area contributed by atoms with Crippen molar-refractivity contribution < 1.29 is 14.3 Å². The van der Waals surface area contributed by atoms with Gasteiger partial charge < -0.3 is 15.0 Å². The first-order valence-electron chi connectivity index (χ1n) is 7.76. The smallest absolute Gasteiger partial charge is 0.276 e. The number of carbonyl (C=O) groups excluding carboxylic acids is 2. The van der Waals surface area contributed by atoms with E-state index in [0.29, 0.717) is 6.61 Å². The number of nitrogens with zero attached hydrogens (tertiary/aromatic N) is 3. The fraction of sp³-hybridized carbons (Fsp3) is 0.500. The summed E-state index contributed by atoms with van der Waals surface area (Å²) < 4.78 is 8.88. The molecule has 0 spiro atoms. The fourth-order valence-electron chi connectivity index (χ4n) is 2.25. The van der Waals surface area contributed by atoms with E-state index in [9.17, 15) is 9.59 Å². The number of hydrogen-bond acceptors (Lipinski definition) is 7. The summed E-state index contributed by atoms with van der Waals surface area (Å²) >= 11 is 2.53. The molecule has 2 amide bonds. The number of ether oxygens (including phenoxy) is 1. The van der Waals surface area contributed by atoms with Crippen LogP contribution in [0.4, 0.5) is 0 Å². The maximum atomic E-state index is 13.0. The van der Waals surface area contributed by atoms with Gasteiger partial charge in [0.25, 0.3) is 5.91 Å². The normalized spacial score (nSPS) is 12.6. The van der Waals surface area contributed by atoms with Crippen LogP contribution in [0.5, 0.6) is 0 Å². The van der Waals surface area contributed by atoms with E-state index in [0.717, 1.165) is 16.4 Å². The van der Waals surface area contributed by atoms with Gasteiger partial charge in [0.05, 0.1) is 6.61 Å². The van der Waals surface area contributed by atoms with Gasteiger partial charge in [0.1, 0.15) is 6.04 Å². The van der Waals surface area contributed by atoms with Crippen LogP contribution in [0.15, 0.2) is 22.9 Å². The molecule has 1 N–H and O–H groups in total. The average Bonchev–Trinajstić information content (AvgIpc) is 3.21. The molecule has 0 saturated heterocycles. The summed E-state index contributed by atoms with van der Waals surface area (Å²) in [4.78, 5) is 28.2. The second-order valence-corrected chi connectivity index (χ2v) is 8.03. The zero-order valence-electron chi connectivity index (χ0n) is 14.7. The number of carbonyl (C=O) groups is 2. The van der Waals surface area contributed by atoms with E-state index in [-0.39, 0.29) is 24.1 Å². The Hall–Kier alpha value is -1.84. The van der Waals surface area contributed by atoms with Crippen molar-refractivity contribution in [1.29, 1.82) is 0 Å². The Balaban J connectivity index is 2.38. The lowest BCUT2D eigenvalue weighted by Crippen LogP contribution is -2.49. The van der Waals surface area contributed by atoms with E-state index < -0.39 is 11.6 Å². The van der Waals surface area contributed by atoms with Crippen LogP contribution in [0.25, 0.3) is 0 Å². The number of hydrogen-bond donors (Lipinski definition) is 1. The molecular formula is C16H22N4O3S2. The molecule has 1 unspecified atom stereocenters. The second kappa shape index (κ2) is 8.50. The van der Waals surface area contributed by atoms with Gasteiger partial charge in [0.15, 0.2) is 5.69 Å². The van der Waals surface area contributed by atoms with E-state index in [2.05, 4.69) is 14.9 Å². The van der Waals surface area contributed by atoms with Gasteiger partial charge in [0, 0.05) is 29.5 Å². The Bertz CT molecular complexity index is 681. The third-order valence-electron chi connectivity index (χ3n) is 3.25. The third kappa shape index (κ3) is 5.32. The molecular weight excluding hydrogens is 360 g/mol. The van der Waals surface area contributed by atoms with E-state index in [1.165, 1.54) is 16.2 Å². The van der Waals surface area contributed by atoms with Gasteiger partial charge in [-0.3, -0.25) is 9.59 Å². The van der Waals surface area contributed by atoms with Crippen molar-refractivity contribution in [3.63, 3.8) is 0 Å². The quantitative estimate of drug-likeness (QED) is 0.795. The maximum Gasteiger partial charge on any atom is 0.276 e. The lowest BCUT2D eigenvalue weighted by atomic mass is 10.1. The molecule has 0 radical (unpaired) electrons. The highest BCUT2D eigenvalue weighted by atomic mass is 32.1. The molecule has 2 aromatic heterocycles. The Morgan fingerprint density at radius 3 is 2.68 bits per heavy atom. The Kier molecular flexibility index (Phi) is 6.63. The van der Waals surface area contributed by atoms with E-state index in [1.54, 1.807) is 12.5 Å².